The van der Waals surface area contributed by atoms with Crippen molar-refractivity contribution in [2.75, 3.05) is 0 Å². The van der Waals surface area contributed by atoms with Gasteiger partial charge in [0.2, 0.25) is 0 Å². The van der Waals surface area contributed by atoms with E-state index in [1.165, 1.54) is 0 Å². The van der Waals surface area contributed by atoms with Gasteiger partial charge in [0.1, 0.15) is 0 Å². The number of unbranched alkanes of at least 4 members (excludes halogenated alkanes) is 2. The van der Waals surface area contributed by atoms with Crippen molar-refractivity contribution in [2.24, 2.45) is 5.10 Å². The number of H-pyrrole nitrogens is 1. The minimum atomic E-state index is -0.471. The van der Waals surface area contributed by atoms with Gasteiger partial charge in [-0.1, -0.05) is 74.4 Å². The second-order valence-electron chi connectivity index (χ2n) is 6.73. The zero-order valence-corrected chi connectivity index (χ0v) is 16.4. The Kier molecular flexibility index (Phi) is 7.05. The molecule has 0 unspecified atom stereocenters. The first-order valence-corrected chi connectivity index (χ1v) is 9.75. The van der Waals surface area contributed by atoms with E-state index >= 15 is 0 Å². The number of fused-ring (bicyclic) bond motifs is 1. The molecule has 3 rings (SSSR count). The van der Waals surface area contributed by atoms with Gasteiger partial charge in [0.05, 0.1) is 11.6 Å². The van der Waals surface area contributed by atoms with E-state index in [-0.39, 0.29) is 11.3 Å². The number of aromatic nitrogens is 2. The number of hydrogen-bond donors (Lipinski definition) is 2. The predicted octanol–water partition coefficient (Wildman–Crippen LogP) is 4.30. The number of amides is 1. The van der Waals surface area contributed by atoms with Crippen LogP contribution in [-0.2, 0) is 0 Å². The third-order valence-electron chi connectivity index (χ3n) is 4.53. The molecule has 0 atom stereocenters. The van der Waals surface area contributed by atoms with Crippen molar-refractivity contribution in [1.29, 1.82) is 0 Å². The Hall–Kier alpha value is -3.54. The fourth-order valence-electron chi connectivity index (χ4n) is 3.03. The van der Waals surface area contributed by atoms with E-state index < -0.39 is 5.91 Å². The molecular formula is C23H24N4O2. The number of aromatic amines is 1. The topological polar surface area (TPSA) is 87.2 Å². The summed E-state index contributed by atoms with van der Waals surface area (Å²) in [5.74, 6) is -0.471. The summed E-state index contributed by atoms with van der Waals surface area (Å²) < 4.78 is 0. The molecule has 6 heteroatoms. The van der Waals surface area contributed by atoms with Crippen LogP contribution in [0.15, 0.2) is 70.1 Å². The van der Waals surface area contributed by atoms with Gasteiger partial charge >= 0.3 is 0 Å². The van der Waals surface area contributed by atoms with Crippen molar-refractivity contribution >= 4 is 29.0 Å². The van der Waals surface area contributed by atoms with Crippen LogP contribution in [0.3, 0.4) is 0 Å². The summed E-state index contributed by atoms with van der Waals surface area (Å²) in [5, 5.41) is 11.3. The highest BCUT2D eigenvalue weighted by molar-refractivity contribution is 6.04. The van der Waals surface area contributed by atoms with Crippen LogP contribution in [0.25, 0.3) is 16.8 Å². The number of allylic oxidation sites excluding steroid dienone is 1. The normalized spacial score (nSPS) is 11.8. The largest absolute Gasteiger partial charge is 0.292 e. The Balaban J connectivity index is 1.77. The van der Waals surface area contributed by atoms with Gasteiger partial charge in [0, 0.05) is 5.39 Å². The molecule has 2 aromatic carbocycles. The molecule has 0 fully saturated rings. The van der Waals surface area contributed by atoms with Gasteiger partial charge in [-0.2, -0.15) is 10.2 Å². The van der Waals surface area contributed by atoms with E-state index in [2.05, 4.69) is 33.7 Å². The average Bonchev–Trinajstić information content (AvgIpc) is 2.75. The lowest BCUT2D eigenvalue weighted by Gasteiger charge is -2.04. The lowest BCUT2D eigenvalue weighted by molar-refractivity contribution is 0.0951. The molecule has 0 aliphatic heterocycles. The van der Waals surface area contributed by atoms with E-state index in [1.54, 1.807) is 30.5 Å². The molecule has 0 aliphatic carbocycles. The van der Waals surface area contributed by atoms with Crippen LogP contribution in [0.2, 0.25) is 0 Å². The summed E-state index contributed by atoms with van der Waals surface area (Å²) in [6.07, 6.45) is 7.95. The summed E-state index contributed by atoms with van der Waals surface area (Å²) >= 11 is 0. The maximum atomic E-state index is 12.5. The fourth-order valence-corrected chi connectivity index (χ4v) is 3.03. The maximum absolute atomic E-state index is 12.5. The van der Waals surface area contributed by atoms with Crippen LogP contribution in [0.4, 0.5) is 0 Å². The lowest BCUT2D eigenvalue weighted by Crippen LogP contribution is -2.22. The molecule has 0 radical (unpaired) electrons. The average molecular weight is 388 g/mol. The minimum Gasteiger partial charge on any atom is -0.267 e. The standard InChI is InChI=1S/C23H24N4O2/c1-2-3-5-12-18(15-17-10-6-4-7-11-17)16-24-26-23(29)21-19-13-8-9-14-20(19)22(28)27-25-21/h4,6-11,13-16H,2-3,5,12H2,1H3,(H,26,29)(H,27,28)/b18-15+,24-16-. The number of rotatable bonds is 8. The number of nitrogens with one attached hydrogen (secondary N) is 2. The molecule has 3 aromatic rings. The Morgan fingerprint density at radius 2 is 1.79 bits per heavy atom. The molecule has 0 aliphatic rings. The highest BCUT2D eigenvalue weighted by Gasteiger charge is 2.13. The Morgan fingerprint density at radius 1 is 1.07 bits per heavy atom. The molecule has 148 valence electrons. The Bertz CT molecular complexity index is 1080. The van der Waals surface area contributed by atoms with Crippen molar-refractivity contribution in [3.05, 3.63) is 81.8 Å². The monoisotopic (exact) mass is 388 g/mol. The summed E-state index contributed by atoms with van der Waals surface area (Å²) in [4.78, 5) is 24.4. The zero-order valence-electron chi connectivity index (χ0n) is 16.4. The van der Waals surface area contributed by atoms with Crippen LogP contribution < -0.4 is 11.0 Å². The van der Waals surface area contributed by atoms with Crippen LogP contribution in [-0.4, -0.2) is 22.3 Å². The highest BCUT2D eigenvalue weighted by atomic mass is 16.2. The maximum Gasteiger partial charge on any atom is 0.292 e. The van der Waals surface area contributed by atoms with Crippen molar-refractivity contribution in [2.45, 2.75) is 32.6 Å². The predicted molar refractivity (Wildman–Crippen MR) is 117 cm³/mol. The number of nitrogens with zero attached hydrogens (tertiary/aromatic N) is 2. The van der Waals surface area contributed by atoms with E-state index in [1.807, 2.05) is 30.3 Å². The van der Waals surface area contributed by atoms with E-state index in [9.17, 15) is 9.59 Å². The molecule has 0 bridgehead atoms. The van der Waals surface area contributed by atoms with Gasteiger partial charge in [-0.25, -0.2) is 10.5 Å². The van der Waals surface area contributed by atoms with Gasteiger partial charge in [-0.3, -0.25) is 9.59 Å². The molecule has 0 saturated carbocycles. The van der Waals surface area contributed by atoms with Crippen LogP contribution in [0, 0.1) is 0 Å². The molecular weight excluding hydrogens is 364 g/mol. The number of benzene rings is 2. The Labute approximate surface area is 169 Å². The van der Waals surface area contributed by atoms with E-state index in [0.29, 0.717) is 10.8 Å². The smallest absolute Gasteiger partial charge is 0.267 e. The Morgan fingerprint density at radius 3 is 2.55 bits per heavy atom. The van der Waals surface area contributed by atoms with Crippen LogP contribution >= 0.6 is 0 Å². The number of carbonyl (C=O) groups is 1. The zero-order chi connectivity index (χ0) is 20.5. The molecule has 1 heterocycles. The van der Waals surface area contributed by atoms with Gasteiger partial charge < -0.3 is 0 Å². The number of hydrogen-bond acceptors (Lipinski definition) is 4. The third kappa shape index (κ3) is 5.48. The molecule has 1 aromatic heterocycles. The van der Waals surface area contributed by atoms with Gasteiger partial charge in [0.15, 0.2) is 5.69 Å². The quantitative estimate of drug-likeness (QED) is 0.343. The first-order chi connectivity index (χ1) is 14.2. The van der Waals surface area contributed by atoms with Crippen molar-refractivity contribution in [3.63, 3.8) is 0 Å². The number of hydrazone groups is 1. The third-order valence-corrected chi connectivity index (χ3v) is 4.53. The van der Waals surface area contributed by atoms with Gasteiger partial charge in [-0.15, -0.1) is 0 Å². The summed E-state index contributed by atoms with van der Waals surface area (Å²) in [7, 11) is 0. The first-order valence-electron chi connectivity index (χ1n) is 9.75. The number of carbonyl (C=O) groups excluding carboxylic acids is 1. The van der Waals surface area contributed by atoms with Crippen LogP contribution in [0.5, 0.6) is 0 Å². The molecule has 6 nitrogen and oxygen atoms in total. The van der Waals surface area contributed by atoms with Crippen molar-refractivity contribution < 1.29 is 4.79 Å². The lowest BCUT2D eigenvalue weighted by atomic mass is 10.1. The summed E-state index contributed by atoms with van der Waals surface area (Å²) in [6, 6.07) is 16.9. The SMILES string of the molecule is CCCCCC(/C=N\NC(=O)c1n[nH]c(=O)c2ccccc12)=C\c1ccccc1. The molecule has 29 heavy (non-hydrogen) atoms. The molecule has 0 saturated heterocycles. The van der Waals surface area contributed by atoms with Gasteiger partial charge in [0.25, 0.3) is 11.5 Å². The molecule has 2 N–H and O–H groups in total. The minimum absolute atomic E-state index is 0.136. The van der Waals surface area contributed by atoms with Crippen LogP contribution in [0.1, 0.15) is 48.7 Å². The fraction of sp³-hybridized carbons (Fsp3) is 0.217. The first kappa shape index (κ1) is 20.2. The van der Waals surface area contributed by atoms with E-state index in [4.69, 9.17) is 0 Å². The summed E-state index contributed by atoms with van der Waals surface area (Å²) in [5.41, 5.74) is 4.45. The highest BCUT2D eigenvalue weighted by Crippen LogP contribution is 2.13. The van der Waals surface area contributed by atoms with E-state index in [0.717, 1.165) is 36.8 Å². The summed E-state index contributed by atoms with van der Waals surface area (Å²) in [6.45, 7) is 2.16. The van der Waals surface area contributed by atoms with Crippen molar-refractivity contribution in [1.82, 2.24) is 15.6 Å². The molecule has 0 spiro atoms. The molecule has 1 amide bonds. The second-order valence-corrected chi connectivity index (χ2v) is 6.73. The second kappa shape index (κ2) is 10.1. The van der Waals surface area contributed by atoms with Crippen molar-refractivity contribution in [3.8, 4) is 0 Å². The van der Waals surface area contributed by atoms with Gasteiger partial charge in [-0.05, 0) is 30.0 Å².